The maximum atomic E-state index is 12.3. The Morgan fingerprint density at radius 1 is 0.962 bits per heavy atom. The van der Waals surface area contributed by atoms with E-state index in [1.54, 1.807) is 43.3 Å². The number of ether oxygens (including phenoxy) is 1. The third-order valence-electron chi connectivity index (χ3n) is 3.20. The second kappa shape index (κ2) is 9.19. The van der Waals surface area contributed by atoms with Crippen molar-refractivity contribution in [3.05, 3.63) is 48.5 Å². The number of carbonyl (C=O) groups excluding carboxylic acids is 2. The van der Waals surface area contributed by atoms with Crippen LogP contribution in [0.5, 0.6) is 5.75 Å². The van der Waals surface area contributed by atoms with E-state index in [1.165, 1.54) is 19.1 Å². The van der Waals surface area contributed by atoms with E-state index in [-0.39, 0.29) is 11.8 Å². The summed E-state index contributed by atoms with van der Waals surface area (Å²) < 4.78 is 30.1. The van der Waals surface area contributed by atoms with E-state index in [1.807, 2.05) is 0 Å². The molecule has 0 bridgehead atoms. The molecule has 0 heterocycles. The lowest BCUT2D eigenvalue weighted by molar-refractivity contribution is -0.122. The van der Waals surface area contributed by atoms with E-state index in [0.29, 0.717) is 33.8 Å². The topological polar surface area (TPSA) is 67.4 Å². The third-order valence-corrected chi connectivity index (χ3v) is 3.93. The Labute approximate surface area is 154 Å². The number of anilines is 2. The van der Waals surface area contributed by atoms with Crippen LogP contribution in [0.1, 0.15) is 13.8 Å². The smallest absolute Gasteiger partial charge is 0.288 e. The first kappa shape index (κ1) is 19.7. The van der Waals surface area contributed by atoms with Crippen molar-refractivity contribution >= 4 is 35.0 Å². The molecular weight excluding hydrogens is 362 g/mol. The molecule has 0 aliphatic heterocycles. The number of alkyl halides is 2. The van der Waals surface area contributed by atoms with Crippen molar-refractivity contribution in [2.24, 2.45) is 0 Å². The van der Waals surface area contributed by atoms with Crippen molar-refractivity contribution in [2.75, 3.05) is 10.6 Å². The van der Waals surface area contributed by atoms with E-state index >= 15 is 0 Å². The SMILES string of the molecule is CC(=O)Nc1ccc(O[C@@H](C)C(=O)Nc2ccc(SC(F)F)cc2)cc1. The summed E-state index contributed by atoms with van der Waals surface area (Å²) in [6, 6.07) is 12.8. The minimum atomic E-state index is -2.49. The molecule has 0 aromatic heterocycles. The highest BCUT2D eigenvalue weighted by atomic mass is 32.2. The fourth-order valence-electron chi connectivity index (χ4n) is 2.04. The van der Waals surface area contributed by atoms with Crippen LogP contribution in [0.25, 0.3) is 0 Å². The quantitative estimate of drug-likeness (QED) is 0.700. The van der Waals surface area contributed by atoms with Crippen molar-refractivity contribution in [1.82, 2.24) is 0 Å². The number of rotatable bonds is 7. The maximum absolute atomic E-state index is 12.3. The van der Waals surface area contributed by atoms with E-state index in [2.05, 4.69) is 10.6 Å². The van der Waals surface area contributed by atoms with Crippen LogP contribution in [-0.4, -0.2) is 23.7 Å². The third kappa shape index (κ3) is 6.36. The Hall–Kier alpha value is -2.61. The first-order valence-corrected chi connectivity index (χ1v) is 8.61. The Kier molecular flexibility index (Phi) is 6.97. The lowest BCUT2D eigenvalue weighted by atomic mass is 10.2. The lowest BCUT2D eigenvalue weighted by Gasteiger charge is -2.15. The highest BCUT2D eigenvalue weighted by Gasteiger charge is 2.15. The molecule has 0 aliphatic carbocycles. The van der Waals surface area contributed by atoms with Crippen LogP contribution in [-0.2, 0) is 9.59 Å². The molecule has 1 atom stereocenters. The van der Waals surface area contributed by atoms with Gasteiger partial charge in [0.05, 0.1) is 0 Å². The number of thioether (sulfide) groups is 1. The van der Waals surface area contributed by atoms with Gasteiger partial charge in [-0.1, -0.05) is 11.8 Å². The average Bonchev–Trinajstić information content (AvgIpc) is 2.57. The zero-order chi connectivity index (χ0) is 19.1. The molecule has 0 saturated heterocycles. The molecule has 0 aliphatic rings. The number of nitrogens with one attached hydrogen (secondary N) is 2. The molecule has 138 valence electrons. The zero-order valence-electron chi connectivity index (χ0n) is 14.2. The largest absolute Gasteiger partial charge is 0.481 e. The van der Waals surface area contributed by atoms with Crippen LogP contribution in [0.2, 0.25) is 0 Å². The Balaban J connectivity index is 1.89. The summed E-state index contributed by atoms with van der Waals surface area (Å²) in [6.45, 7) is 3.01. The lowest BCUT2D eigenvalue weighted by Crippen LogP contribution is -2.30. The van der Waals surface area contributed by atoms with Gasteiger partial charge >= 0.3 is 0 Å². The van der Waals surface area contributed by atoms with Crippen molar-refractivity contribution in [3.63, 3.8) is 0 Å². The molecule has 5 nitrogen and oxygen atoms in total. The summed E-state index contributed by atoms with van der Waals surface area (Å²) in [5.74, 6) is -2.55. The van der Waals surface area contributed by atoms with Gasteiger partial charge in [0.15, 0.2) is 6.10 Å². The van der Waals surface area contributed by atoms with Crippen molar-refractivity contribution in [3.8, 4) is 5.75 Å². The summed E-state index contributed by atoms with van der Waals surface area (Å²) in [4.78, 5) is 23.6. The van der Waals surface area contributed by atoms with Crippen molar-refractivity contribution < 1.29 is 23.1 Å². The Bertz CT molecular complexity index is 752. The van der Waals surface area contributed by atoms with Crippen LogP contribution >= 0.6 is 11.8 Å². The number of benzene rings is 2. The predicted molar refractivity (Wildman–Crippen MR) is 97.8 cm³/mol. The first-order chi connectivity index (χ1) is 12.3. The molecule has 2 amide bonds. The van der Waals surface area contributed by atoms with E-state index in [9.17, 15) is 18.4 Å². The van der Waals surface area contributed by atoms with Gasteiger partial charge in [0.1, 0.15) is 5.75 Å². The molecule has 2 N–H and O–H groups in total. The number of hydrogen-bond donors (Lipinski definition) is 2. The summed E-state index contributed by atoms with van der Waals surface area (Å²) in [7, 11) is 0. The zero-order valence-corrected chi connectivity index (χ0v) is 15.0. The average molecular weight is 380 g/mol. The summed E-state index contributed by atoms with van der Waals surface area (Å²) in [6.07, 6.45) is -0.767. The molecule has 0 saturated carbocycles. The maximum Gasteiger partial charge on any atom is 0.288 e. The molecule has 2 aromatic rings. The molecule has 0 radical (unpaired) electrons. The molecule has 2 aromatic carbocycles. The van der Waals surface area contributed by atoms with Gasteiger partial charge in [0.25, 0.3) is 11.7 Å². The normalized spacial score (nSPS) is 11.7. The fourth-order valence-corrected chi connectivity index (χ4v) is 2.54. The minimum Gasteiger partial charge on any atom is -0.481 e. The Morgan fingerprint density at radius 2 is 1.50 bits per heavy atom. The van der Waals surface area contributed by atoms with Crippen LogP contribution in [0.3, 0.4) is 0 Å². The highest BCUT2D eigenvalue weighted by molar-refractivity contribution is 7.99. The van der Waals surface area contributed by atoms with Gasteiger partial charge in [-0.3, -0.25) is 9.59 Å². The van der Waals surface area contributed by atoms with Crippen LogP contribution in [0.15, 0.2) is 53.4 Å². The minimum absolute atomic E-state index is 0.176. The van der Waals surface area contributed by atoms with Gasteiger partial charge in [-0.15, -0.1) is 0 Å². The van der Waals surface area contributed by atoms with Gasteiger partial charge < -0.3 is 15.4 Å². The summed E-state index contributed by atoms with van der Waals surface area (Å²) >= 11 is 0.442. The fraction of sp³-hybridized carbons (Fsp3) is 0.222. The number of carbonyl (C=O) groups is 2. The summed E-state index contributed by atoms with van der Waals surface area (Å²) in [5, 5.41) is 5.30. The van der Waals surface area contributed by atoms with Gasteiger partial charge in [-0.2, -0.15) is 8.78 Å². The molecule has 0 spiro atoms. The molecule has 8 heteroatoms. The first-order valence-electron chi connectivity index (χ1n) is 7.73. The monoisotopic (exact) mass is 380 g/mol. The highest BCUT2D eigenvalue weighted by Crippen LogP contribution is 2.26. The predicted octanol–water partition coefficient (Wildman–Crippen LogP) is 4.37. The molecule has 0 unspecified atom stereocenters. The van der Waals surface area contributed by atoms with Crippen molar-refractivity contribution in [1.29, 1.82) is 0 Å². The van der Waals surface area contributed by atoms with Crippen LogP contribution < -0.4 is 15.4 Å². The molecule has 0 fully saturated rings. The number of amides is 2. The van der Waals surface area contributed by atoms with E-state index in [4.69, 9.17) is 4.74 Å². The number of halogens is 2. The second-order valence-corrected chi connectivity index (χ2v) is 6.42. The van der Waals surface area contributed by atoms with Gasteiger partial charge in [0.2, 0.25) is 5.91 Å². The van der Waals surface area contributed by atoms with Crippen LogP contribution in [0, 0.1) is 0 Å². The van der Waals surface area contributed by atoms with Crippen molar-refractivity contribution in [2.45, 2.75) is 30.6 Å². The van der Waals surface area contributed by atoms with Crippen LogP contribution in [0.4, 0.5) is 20.2 Å². The van der Waals surface area contributed by atoms with Gasteiger partial charge in [-0.05, 0) is 55.5 Å². The van der Waals surface area contributed by atoms with Gasteiger partial charge in [-0.25, -0.2) is 0 Å². The van der Waals surface area contributed by atoms with E-state index < -0.39 is 11.9 Å². The standard InChI is InChI=1S/C18H18F2N2O3S/c1-11(25-15-7-3-13(4-8-15)21-12(2)23)17(24)22-14-5-9-16(10-6-14)26-18(19)20/h3-11,18H,1-2H3,(H,21,23)(H,22,24)/t11-/m0/s1. The molecular formula is C18H18F2N2O3S. The molecule has 26 heavy (non-hydrogen) atoms. The molecule has 2 rings (SSSR count). The summed E-state index contributed by atoms with van der Waals surface area (Å²) in [5.41, 5.74) is 1.12. The number of hydrogen-bond acceptors (Lipinski definition) is 4. The Morgan fingerprint density at radius 3 is 2.04 bits per heavy atom. The van der Waals surface area contributed by atoms with Gasteiger partial charge in [0, 0.05) is 23.2 Å². The second-order valence-electron chi connectivity index (χ2n) is 5.36. The van der Waals surface area contributed by atoms with E-state index in [0.717, 1.165) is 0 Å².